The lowest BCUT2D eigenvalue weighted by Crippen LogP contribution is -2.27. The highest BCUT2D eigenvalue weighted by molar-refractivity contribution is 7.93. The van der Waals surface area contributed by atoms with Crippen molar-refractivity contribution in [1.29, 1.82) is 0 Å². The zero-order valence-electron chi connectivity index (χ0n) is 16.4. The van der Waals surface area contributed by atoms with Crippen molar-refractivity contribution in [2.24, 2.45) is 0 Å². The van der Waals surface area contributed by atoms with E-state index in [1.54, 1.807) is 37.3 Å². The van der Waals surface area contributed by atoms with Gasteiger partial charge in [0.1, 0.15) is 0 Å². The highest BCUT2D eigenvalue weighted by Crippen LogP contribution is 2.33. The molecule has 1 N–H and O–H groups in total. The van der Waals surface area contributed by atoms with Gasteiger partial charge in [-0.2, -0.15) is 4.31 Å². The monoisotopic (exact) mass is 415 g/mol. The molecule has 1 aromatic heterocycles. The predicted molar refractivity (Wildman–Crippen MR) is 107 cm³/mol. The van der Waals surface area contributed by atoms with E-state index in [1.807, 2.05) is 20.8 Å². The van der Waals surface area contributed by atoms with Crippen LogP contribution in [0.5, 0.6) is 0 Å². The Bertz CT molecular complexity index is 1150. The van der Waals surface area contributed by atoms with Crippen LogP contribution in [0.2, 0.25) is 0 Å². The van der Waals surface area contributed by atoms with Gasteiger partial charge in [-0.05, 0) is 36.8 Å². The van der Waals surface area contributed by atoms with E-state index < -0.39 is 21.4 Å². The molecule has 0 spiro atoms. The second kappa shape index (κ2) is 7.32. The first kappa shape index (κ1) is 20.5. The number of hydrogen-bond acceptors (Lipinski definition) is 6. The van der Waals surface area contributed by atoms with Gasteiger partial charge in [-0.3, -0.25) is 0 Å². The van der Waals surface area contributed by atoms with Gasteiger partial charge < -0.3 is 9.52 Å². The summed E-state index contributed by atoms with van der Waals surface area (Å²) in [6.45, 7) is 7.20. The van der Waals surface area contributed by atoms with E-state index in [9.17, 15) is 18.3 Å². The van der Waals surface area contributed by atoms with Crippen LogP contribution in [0.1, 0.15) is 42.6 Å². The number of hydrogen-bond donors (Lipinski definition) is 1. The SMILES string of the molecule is Cc1ccc(S(=O)(=O)N(c2ccccc2)c2nnc(C(C)(C)C)o2)cc1C(=O)O. The number of carboxylic acids is 1. The number of carbonyl (C=O) groups is 1. The van der Waals surface area contributed by atoms with E-state index in [0.29, 0.717) is 5.56 Å². The summed E-state index contributed by atoms with van der Waals surface area (Å²) in [6, 6.07) is 12.0. The number of rotatable bonds is 5. The van der Waals surface area contributed by atoms with Crippen molar-refractivity contribution in [1.82, 2.24) is 10.2 Å². The molecular weight excluding hydrogens is 394 g/mol. The predicted octanol–water partition coefficient (Wildman–Crippen LogP) is 3.90. The molecule has 0 aliphatic heterocycles. The lowest BCUT2D eigenvalue weighted by molar-refractivity contribution is 0.0696. The lowest BCUT2D eigenvalue weighted by atomic mass is 9.97. The summed E-state index contributed by atoms with van der Waals surface area (Å²) in [7, 11) is -4.24. The fourth-order valence-corrected chi connectivity index (χ4v) is 4.01. The number of aryl methyl sites for hydroxylation is 1. The second-order valence-corrected chi connectivity index (χ2v) is 9.31. The van der Waals surface area contributed by atoms with Gasteiger partial charge in [0.25, 0.3) is 10.0 Å². The number of benzene rings is 2. The minimum atomic E-state index is -4.24. The van der Waals surface area contributed by atoms with Gasteiger partial charge in [0.05, 0.1) is 16.1 Å². The molecule has 0 aliphatic rings. The molecule has 9 heteroatoms. The van der Waals surface area contributed by atoms with Gasteiger partial charge in [-0.15, -0.1) is 5.10 Å². The Kier molecular flexibility index (Phi) is 5.18. The molecule has 0 saturated heterocycles. The molecule has 0 amide bonds. The maximum atomic E-state index is 13.5. The summed E-state index contributed by atoms with van der Waals surface area (Å²) in [6.07, 6.45) is 0. The minimum Gasteiger partial charge on any atom is -0.478 e. The molecule has 29 heavy (non-hydrogen) atoms. The van der Waals surface area contributed by atoms with Gasteiger partial charge in [0.15, 0.2) is 0 Å². The molecule has 3 rings (SSSR count). The summed E-state index contributed by atoms with van der Waals surface area (Å²) in [5.74, 6) is -0.933. The quantitative estimate of drug-likeness (QED) is 0.672. The Morgan fingerprint density at radius 1 is 1.07 bits per heavy atom. The van der Waals surface area contributed by atoms with Gasteiger partial charge >= 0.3 is 12.0 Å². The standard InChI is InChI=1S/C20H21N3O5S/c1-13-10-11-15(12-16(13)17(24)25)29(26,27)23(14-8-6-5-7-9-14)19-22-21-18(28-19)20(2,3)4/h5-12H,1-4H3,(H,24,25). The third-order valence-electron chi connectivity index (χ3n) is 4.20. The van der Waals surface area contributed by atoms with Crippen LogP contribution in [0, 0.1) is 6.92 Å². The molecule has 2 aromatic carbocycles. The lowest BCUT2D eigenvalue weighted by Gasteiger charge is -2.21. The van der Waals surface area contributed by atoms with Crippen molar-refractivity contribution < 1.29 is 22.7 Å². The van der Waals surface area contributed by atoms with Gasteiger partial charge in [0.2, 0.25) is 5.89 Å². The van der Waals surface area contributed by atoms with Crippen molar-refractivity contribution in [2.75, 3.05) is 4.31 Å². The first-order valence-corrected chi connectivity index (χ1v) is 10.2. The average Bonchev–Trinajstić information content (AvgIpc) is 3.12. The maximum absolute atomic E-state index is 13.5. The smallest absolute Gasteiger partial charge is 0.337 e. The van der Waals surface area contributed by atoms with E-state index in [4.69, 9.17) is 4.42 Å². The number of aromatic nitrogens is 2. The Balaban J connectivity index is 2.20. The van der Waals surface area contributed by atoms with E-state index in [-0.39, 0.29) is 28.1 Å². The summed E-state index contributed by atoms with van der Waals surface area (Å²) >= 11 is 0. The van der Waals surface area contributed by atoms with Crippen LogP contribution < -0.4 is 4.31 Å². The first-order chi connectivity index (χ1) is 13.5. The zero-order valence-corrected chi connectivity index (χ0v) is 17.3. The van der Waals surface area contributed by atoms with E-state index >= 15 is 0 Å². The number of carboxylic acid groups (broad SMARTS) is 1. The fraction of sp³-hybridized carbons (Fsp3) is 0.250. The van der Waals surface area contributed by atoms with Crippen LogP contribution in [-0.2, 0) is 15.4 Å². The van der Waals surface area contributed by atoms with Crippen LogP contribution in [0.4, 0.5) is 11.7 Å². The number of aromatic carboxylic acids is 1. The zero-order chi connectivity index (χ0) is 21.4. The molecule has 0 fully saturated rings. The third-order valence-corrected chi connectivity index (χ3v) is 5.90. The molecule has 0 saturated carbocycles. The van der Waals surface area contributed by atoms with E-state index in [2.05, 4.69) is 10.2 Å². The van der Waals surface area contributed by atoms with Crippen molar-refractivity contribution in [3.8, 4) is 0 Å². The highest BCUT2D eigenvalue weighted by atomic mass is 32.2. The molecule has 1 heterocycles. The summed E-state index contributed by atoms with van der Waals surface area (Å²) in [5.41, 5.74) is 0.169. The van der Waals surface area contributed by atoms with Crippen LogP contribution in [0.3, 0.4) is 0 Å². The number of para-hydroxylation sites is 1. The Labute approximate surface area is 168 Å². The van der Waals surface area contributed by atoms with Gasteiger partial charge in [0, 0.05) is 5.41 Å². The highest BCUT2D eigenvalue weighted by Gasteiger charge is 2.33. The van der Waals surface area contributed by atoms with E-state index in [1.165, 1.54) is 12.1 Å². The Morgan fingerprint density at radius 3 is 2.28 bits per heavy atom. The van der Waals surface area contributed by atoms with Crippen LogP contribution in [0.25, 0.3) is 0 Å². The first-order valence-electron chi connectivity index (χ1n) is 8.80. The molecule has 0 radical (unpaired) electrons. The Hall–Kier alpha value is -3.20. The Morgan fingerprint density at radius 2 is 1.72 bits per heavy atom. The minimum absolute atomic E-state index is 0.0972. The molecule has 0 aliphatic carbocycles. The van der Waals surface area contributed by atoms with Gasteiger partial charge in [-0.1, -0.05) is 50.1 Å². The molecule has 8 nitrogen and oxygen atoms in total. The van der Waals surface area contributed by atoms with Crippen molar-refractivity contribution >= 4 is 27.7 Å². The topological polar surface area (TPSA) is 114 Å². The molecule has 152 valence electrons. The molecule has 0 bridgehead atoms. The largest absolute Gasteiger partial charge is 0.478 e. The molecule has 0 unspecified atom stereocenters. The van der Waals surface area contributed by atoms with Crippen LogP contribution >= 0.6 is 0 Å². The molecule has 0 atom stereocenters. The van der Waals surface area contributed by atoms with Crippen molar-refractivity contribution in [3.05, 3.63) is 65.5 Å². The fourth-order valence-electron chi connectivity index (χ4n) is 2.61. The maximum Gasteiger partial charge on any atom is 0.337 e. The van der Waals surface area contributed by atoms with Crippen molar-refractivity contribution in [3.63, 3.8) is 0 Å². The van der Waals surface area contributed by atoms with E-state index in [0.717, 1.165) is 10.4 Å². The third kappa shape index (κ3) is 4.00. The number of nitrogens with zero attached hydrogens (tertiary/aromatic N) is 3. The number of sulfonamides is 1. The van der Waals surface area contributed by atoms with Crippen LogP contribution in [0.15, 0.2) is 57.8 Å². The second-order valence-electron chi connectivity index (χ2n) is 7.53. The van der Waals surface area contributed by atoms with Crippen LogP contribution in [-0.4, -0.2) is 29.7 Å². The molecule has 3 aromatic rings. The van der Waals surface area contributed by atoms with Gasteiger partial charge in [-0.25, -0.2) is 13.2 Å². The summed E-state index contributed by atoms with van der Waals surface area (Å²) in [4.78, 5) is 11.3. The normalized spacial score (nSPS) is 12.0. The van der Waals surface area contributed by atoms with Crippen molar-refractivity contribution in [2.45, 2.75) is 38.0 Å². The number of anilines is 2. The summed E-state index contributed by atoms with van der Waals surface area (Å²) in [5, 5.41) is 17.3. The average molecular weight is 415 g/mol. The summed E-state index contributed by atoms with van der Waals surface area (Å²) < 4.78 is 33.6. The molecular formula is C20H21N3O5S.